The van der Waals surface area contributed by atoms with Crippen LogP contribution in [0.15, 0.2) is 24.3 Å². The number of aryl methyl sites for hydroxylation is 1. The van der Waals surface area contributed by atoms with Crippen LogP contribution in [0.4, 0.5) is 0 Å². The molecule has 0 atom stereocenters. The molecule has 1 aliphatic carbocycles. The summed E-state index contributed by atoms with van der Waals surface area (Å²) < 4.78 is 0. The summed E-state index contributed by atoms with van der Waals surface area (Å²) in [6.07, 6.45) is 5.11. The van der Waals surface area contributed by atoms with Crippen LogP contribution in [-0.2, 0) is 6.42 Å². The maximum atomic E-state index is 10.7. The van der Waals surface area contributed by atoms with Gasteiger partial charge in [0.2, 0.25) is 0 Å². The quantitative estimate of drug-likeness (QED) is 0.850. The van der Waals surface area contributed by atoms with Crippen LogP contribution in [0, 0.1) is 18.8 Å². The van der Waals surface area contributed by atoms with Crippen LogP contribution in [0.5, 0.6) is 0 Å². The molecular formula is C17H26O. The molecule has 0 radical (unpaired) electrons. The first kappa shape index (κ1) is 13.6. The van der Waals surface area contributed by atoms with Crippen molar-refractivity contribution in [2.45, 2.75) is 58.5 Å². The van der Waals surface area contributed by atoms with E-state index in [4.69, 9.17) is 0 Å². The van der Waals surface area contributed by atoms with Gasteiger partial charge in [-0.2, -0.15) is 0 Å². The van der Waals surface area contributed by atoms with E-state index in [2.05, 4.69) is 45.0 Å². The Hall–Kier alpha value is -0.820. The SMILES string of the molecule is Cc1ccccc1CC1(O)CCC(C(C)C)CC1. The normalized spacial score (nSPS) is 28.6. The summed E-state index contributed by atoms with van der Waals surface area (Å²) in [5.41, 5.74) is 2.15. The van der Waals surface area contributed by atoms with Crippen LogP contribution in [0.3, 0.4) is 0 Å². The van der Waals surface area contributed by atoms with Crippen LogP contribution in [0.1, 0.15) is 50.7 Å². The largest absolute Gasteiger partial charge is 0.390 e. The first-order chi connectivity index (χ1) is 8.50. The highest BCUT2D eigenvalue weighted by Gasteiger charge is 2.34. The first-order valence-electron chi connectivity index (χ1n) is 7.27. The number of aliphatic hydroxyl groups is 1. The first-order valence-corrected chi connectivity index (χ1v) is 7.27. The molecule has 0 saturated heterocycles. The van der Waals surface area contributed by atoms with Crippen molar-refractivity contribution in [2.24, 2.45) is 11.8 Å². The van der Waals surface area contributed by atoms with Crippen molar-refractivity contribution in [3.8, 4) is 0 Å². The van der Waals surface area contributed by atoms with E-state index in [1.807, 2.05) is 0 Å². The van der Waals surface area contributed by atoms with Crippen LogP contribution in [-0.4, -0.2) is 10.7 Å². The summed E-state index contributed by atoms with van der Waals surface area (Å²) in [5, 5.41) is 10.7. The zero-order valence-electron chi connectivity index (χ0n) is 11.9. The van der Waals surface area contributed by atoms with Gasteiger partial charge in [-0.3, -0.25) is 0 Å². The number of hydrogen-bond acceptors (Lipinski definition) is 1. The Morgan fingerprint density at radius 1 is 1.22 bits per heavy atom. The van der Waals surface area contributed by atoms with Gasteiger partial charge in [0, 0.05) is 6.42 Å². The molecule has 2 rings (SSSR count). The lowest BCUT2D eigenvalue weighted by molar-refractivity contribution is -0.0147. The van der Waals surface area contributed by atoms with Crippen molar-refractivity contribution in [2.75, 3.05) is 0 Å². The van der Waals surface area contributed by atoms with Crippen molar-refractivity contribution in [1.82, 2.24) is 0 Å². The maximum absolute atomic E-state index is 10.7. The molecule has 100 valence electrons. The molecule has 1 nitrogen and oxygen atoms in total. The van der Waals surface area contributed by atoms with E-state index >= 15 is 0 Å². The van der Waals surface area contributed by atoms with E-state index in [1.165, 1.54) is 24.0 Å². The molecule has 1 saturated carbocycles. The molecular weight excluding hydrogens is 220 g/mol. The molecule has 1 heteroatoms. The fourth-order valence-corrected chi connectivity index (χ4v) is 3.18. The molecule has 1 fully saturated rings. The van der Waals surface area contributed by atoms with Crippen LogP contribution < -0.4 is 0 Å². The number of benzene rings is 1. The Kier molecular flexibility index (Phi) is 4.11. The van der Waals surface area contributed by atoms with E-state index in [0.717, 1.165) is 31.1 Å². The molecule has 18 heavy (non-hydrogen) atoms. The van der Waals surface area contributed by atoms with E-state index < -0.39 is 5.60 Å². The average Bonchev–Trinajstić information content (AvgIpc) is 2.32. The summed E-state index contributed by atoms with van der Waals surface area (Å²) in [6.45, 7) is 6.74. The second-order valence-corrected chi connectivity index (χ2v) is 6.41. The smallest absolute Gasteiger partial charge is 0.0688 e. The molecule has 0 bridgehead atoms. The Morgan fingerprint density at radius 3 is 2.39 bits per heavy atom. The van der Waals surface area contributed by atoms with Crippen molar-refractivity contribution >= 4 is 0 Å². The molecule has 1 aliphatic rings. The minimum absolute atomic E-state index is 0.461. The second kappa shape index (κ2) is 5.44. The van der Waals surface area contributed by atoms with Gasteiger partial charge >= 0.3 is 0 Å². The van der Waals surface area contributed by atoms with Crippen molar-refractivity contribution in [3.05, 3.63) is 35.4 Å². The van der Waals surface area contributed by atoms with Crippen LogP contribution in [0.25, 0.3) is 0 Å². The van der Waals surface area contributed by atoms with Gasteiger partial charge in [-0.15, -0.1) is 0 Å². The van der Waals surface area contributed by atoms with E-state index in [9.17, 15) is 5.11 Å². The van der Waals surface area contributed by atoms with Gasteiger partial charge in [0.25, 0.3) is 0 Å². The van der Waals surface area contributed by atoms with Gasteiger partial charge in [-0.05, 0) is 55.6 Å². The lowest BCUT2D eigenvalue weighted by Crippen LogP contribution is -2.37. The monoisotopic (exact) mass is 246 g/mol. The highest BCUT2D eigenvalue weighted by molar-refractivity contribution is 5.27. The Morgan fingerprint density at radius 2 is 1.83 bits per heavy atom. The fourth-order valence-electron chi connectivity index (χ4n) is 3.18. The summed E-state index contributed by atoms with van der Waals surface area (Å²) in [7, 11) is 0. The Balaban J connectivity index is 2.00. The number of rotatable bonds is 3. The Labute approximate surface area is 111 Å². The van der Waals surface area contributed by atoms with Gasteiger partial charge in [0.1, 0.15) is 0 Å². The summed E-state index contributed by atoms with van der Waals surface area (Å²) in [5.74, 6) is 1.56. The van der Waals surface area contributed by atoms with Crippen molar-refractivity contribution in [1.29, 1.82) is 0 Å². The lowest BCUT2D eigenvalue weighted by Gasteiger charge is -2.38. The van der Waals surface area contributed by atoms with Crippen LogP contribution in [0.2, 0.25) is 0 Å². The van der Waals surface area contributed by atoms with E-state index in [-0.39, 0.29) is 0 Å². The summed E-state index contributed by atoms with van der Waals surface area (Å²) in [4.78, 5) is 0. The molecule has 0 amide bonds. The third kappa shape index (κ3) is 3.14. The predicted octanol–water partition coefficient (Wildman–Crippen LogP) is 4.11. The predicted molar refractivity (Wildman–Crippen MR) is 76.6 cm³/mol. The topological polar surface area (TPSA) is 20.2 Å². The van der Waals surface area contributed by atoms with Crippen molar-refractivity contribution < 1.29 is 5.11 Å². The van der Waals surface area contributed by atoms with Gasteiger partial charge in [-0.1, -0.05) is 38.1 Å². The third-order valence-electron chi connectivity index (χ3n) is 4.68. The molecule has 1 aromatic rings. The minimum atomic E-state index is -0.461. The summed E-state index contributed by atoms with van der Waals surface area (Å²) in [6, 6.07) is 8.43. The maximum Gasteiger partial charge on any atom is 0.0688 e. The second-order valence-electron chi connectivity index (χ2n) is 6.41. The average molecular weight is 246 g/mol. The number of hydrogen-bond donors (Lipinski definition) is 1. The molecule has 0 unspecified atom stereocenters. The van der Waals surface area contributed by atoms with Gasteiger partial charge < -0.3 is 5.11 Å². The van der Waals surface area contributed by atoms with Crippen LogP contribution >= 0.6 is 0 Å². The lowest BCUT2D eigenvalue weighted by atomic mass is 9.72. The molecule has 0 aliphatic heterocycles. The van der Waals surface area contributed by atoms with Crippen molar-refractivity contribution in [3.63, 3.8) is 0 Å². The molecule has 0 heterocycles. The van der Waals surface area contributed by atoms with Gasteiger partial charge in [0.15, 0.2) is 0 Å². The molecule has 1 aromatic carbocycles. The highest BCUT2D eigenvalue weighted by Crippen LogP contribution is 2.37. The fraction of sp³-hybridized carbons (Fsp3) is 0.647. The third-order valence-corrected chi connectivity index (χ3v) is 4.68. The van der Waals surface area contributed by atoms with E-state index in [0.29, 0.717) is 0 Å². The minimum Gasteiger partial charge on any atom is -0.390 e. The summed E-state index contributed by atoms with van der Waals surface area (Å²) >= 11 is 0. The Bertz CT molecular complexity index is 386. The molecule has 0 spiro atoms. The van der Waals surface area contributed by atoms with Gasteiger partial charge in [-0.25, -0.2) is 0 Å². The van der Waals surface area contributed by atoms with Gasteiger partial charge in [0.05, 0.1) is 5.60 Å². The molecule has 0 aromatic heterocycles. The molecule has 1 N–H and O–H groups in total. The standard InChI is InChI=1S/C17H26O/c1-13(2)15-8-10-17(18,11-9-15)12-16-7-5-4-6-14(16)3/h4-7,13,15,18H,8-12H2,1-3H3. The highest BCUT2D eigenvalue weighted by atomic mass is 16.3. The zero-order valence-corrected chi connectivity index (χ0v) is 11.9. The zero-order chi connectivity index (χ0) is 13.2. The van der Waals surface area contributed by atoms with E-state index in [1.54, 1.807) is 0 Å².